The maximum atomic E-state index is 15.9. The lowest BCUT2D eigenvalue weighted by molar-refractivity contribution is -0.138. The highest BCUT2D eigenvalue weighted by molar-refractivity contribution is 7.84. The first-order chi connectivity index (χ1) is 23.8. The number of halogens is 5. The Morgan fingerprint density at radius 1 is 0.941 bits per heavy atom. The summed E-state index contributed by atoms with van der Waals surface area (Å²) in [6.45, 7) is 3.45. The van der Waals surface area contributed by atoms with Crippen LogP contribution in [0.25, 0.3) is 5.57 Å². The molecule has 1 heterocycles. The van der Waals surface area contributed by atoms with Crippen molar-refractivity contribution in [3.63, 3.8) is 0 Å². The van der Waals surface area contributed by atoms with Crippen LogP contribution in [0.1, 0.15) is 56.0 Å². The number of benzene rings is 3. The lowest BCUT2D eigenvalue weighted by Gasteiger charge is -2.43. The van der Waals surface area contributed by atoms with E-state index in [-0.39, 0.29) is 32.5 Å². The van der Waals surface area contributed by atoms with E-state index in [0.29, 0.717) is 6.07 Å². The summed E-state index contributed by atoms with van der Waals surface area (Å²) in [5.41, 5.74) is -5.26. The lowest BCUT2D eigenvalue weighted by atomic mass is 9.93. The first-order valence-electron chi connectivity index (χ1n) is 15.1. The van der Waals surface area contributed by atoms with E-state index >= 15 is 8.78 Å². The van der Waals surface area contributed by atoms with Gasteiger partial charge in [0.1, 0.15) is 11.5 Å². The third-order valence-corrected chi connectivity index (χ3v) is 9.00. The number of alkyl halides is 3. The number of carbonyl (C=O) groups excluding carboxylic acids is 3. The monoisotopic (exact) mass is 733 g/mol. The molecule has 0 aromatic heterocycles. The van der Waals surface area contributed by atoms with Crippen molar-refractivity contribution in [1.29, 1.82) is 0 Å². The summed E-state index contributed by atoms with van der Waals surface area (Å²) >= 11 is 0. The van der Waals surface area contributed by atoms with Gasteiger partial charge in [-0.15, -0.1) is 0 Å². The van der Waals surface area contributed by atoms with Gasteiger partial charge in [-0.3, -0.25) is 9.35 Å². The van der Waals surface area contributed by atoms with Crippen molar-refractivity contribution in [2.75, 3.05) is 13.7 Å². The Hall–Kier alpha value is -5.27. The smallest absolute Gasteiger partial charge is 0.416 e. The zero-order chi connectivity index (χ0) is 38.1. The molecule has 3 aromatic rings. The van der Waals surface area contributed by atoms with E-state index in [1.807, 2.05) is 0 Å². The Kier molecular flexibility index (Phi) is 11.0. The standard InChI is InChI=1S/C35H32F5N3O7S/c1-21-31(23-13-9-16-29(50-5)32(23)37)28(19-44)42(30(20-45)41(21)17-24-25(35(38,39)40)14-10-15-26(24)36)18-27(22-11-7-6-8-12-22)43(51(47,48)49)33(46)34(2,3)4/h6-16,27H,17-18H2,1-5H3,(H,47,48,49)/t27-/m0/s1. The summed E-state index contributed by atoms with van der Waals surface area (Å²) in [6, 6.07) is 11.5. The third-order valence-electron chi connectivity index (χ3n) is 8.08. The molecule has 0 unspecified atom stereocenters. The van der Waals surface area contributed by atoms with Crippen LogP contribution in [0.4, 0.5) is 22.0 Å². The molecule has 1 amide bonds. The van der Waals surface area contributed by atoms with Gasteiger partial charge in [-0.05, 0) is 30.7 Å². The summed E-state index contributed by atoms with van der Waals surface area (Å²) in [7, 11) is -4.25. The zero-order valence-corrected chi connectivity index (χ0v) is 28.7. The third kappa shape index (κ3) is 7.74. The SMILES string of the molecule is COc1cccc(C2=C(C)N(Cc3c(F)cccc3C(F)(F)F)C(=C=O)N(C[C@@H](c3ccccc3)N(C(=O)C(C)(C)C)S(=O)(=O)O)C2=C=O)c1F. The number of amides is 1. The molecule has 1 N–H and O–H groups in total. The van der Waals surface area contributed by atoms with E-state index in [9.17, 15) is 40.5 Å². The van der Waals surface area contributed by atoms with Gasteiger partial charge in [0.25, 0.3) is 0 Å². The lowest BCUT2D eigenvalue weighted by Crippen LogP contribution is -2.50. The van der Waals surface area contributed by atoms with E-state index < -0.39 is 81.2 Å². The predicted molar refractivity (Wildman–Crippen MR) is 175 cm³/mol. The van der Waals surface area contributed by atoms with E-state index in [0.717, 1.165) is 29.0 Å². The van der Waals surface area contributed by atoms with Crippen LogP contribution in [0.3, 0.4) is 0 Å². The Balaban J connectivity index is 2.08. The van der Waals surface area contributed by atoms with Gasteiger partial charge in [-0.25, -0.2) is 22.7 Å². The van der Waals surface area contributed by atoms with E-state index in [1.54, 1.807) is 17.9 Å². The topological polar surface area (TPSA) is 125 Å². The second kappa shape index (κ2) is 14.5. The Morgan fingerprint density at radius 3 is 2.10 bits per heavy atom. The van der Waals surface area contributed by atoms with Crippen molar-refractivity contribution in [1.82, 2.24) is 14.1 Å². The number of carbonyl (C=O) groups is 1. The number of methoxy groups -OCH3 is 1. The van der Waals surface area contributed by atoms with Crippen LogP contribution in [0.2, 0.25) is 0 Å². The van der Waals surface area contributed by atoms with Crippen LogP contribution >= 0.6 is 0 Å². The highest BCUT2D eigenvalue weighted by Gasteiger charge is 2.45. The summed E-state index contributed by atoms with van der Waals surface area (Å²) < 4.78 is 115. The van der Waals surface area contributed by atoms with Crippen LogP contribution in [-0.4, -0.2) is 58.5 Å². The molecule has 1 atom stereocenters. The number of ether oxygens (including phenoxy) is 1. The van der Waals surface area contributed by atoms with Gasteiger partial charge in [0.15, 0.2) is 23.4 Å². The van der Waals surface area contributed by atoms with E-state index in [4.69, 9.17) is 4.74 Å². The molecule has 0 saturated heterocycles. The Bertz CT molecular complexity index is 2080. The molecule has 1 aliphatic rings. The average molecular weight is 734 g/mol. The molecule has 0 radical (unpaired) electrons. The predicted octanol–water partition coefficient (Wildman–Crippen LogP) is 6.35. The van der Waals surface area contributed by atoms with E-state index in [1.165, 1.54) is 70.2 Å². The minimum atomic E-state index is -5.41. The molecule has 0 bridgehead atoms. The number of nitrogens with zero attached hydrogens (tertiary/aromatic N) is 3. The van der Waals surface area contributed by atoms with Crippen molar-refractivity contribution >= 4 is 33.7 Å². The fourth-order valence-corrected chi connectivity index (χ4v) is 6.66. The molecule has 270 valence electrons. The van der Waals surface area contributed by atoms with Crippen molar-refractivity contribution in [3.05, 3.63) is 118 Å². The number of rotatable bonds is 9. The summed E-state index contributed by atoms with van der Waals surface area (Å²) in [4.78, 5) is 41.1. The minimum absolute atomic E-state index is 0.0589. The minimum Gasteiger partial charge on any atom is -0.494 e. The zero-order valence-electron chi connectivity index (χ0n) is 27.9. The van der Waals surface area contributed by atoms with Crippen LogP contribution < -0.4 is 4.74 Å². The second-order valence-corrected chi connectivity index (χ2v) is 13.7. The molecule has 0 fully saturated rings. The van der Waals surface area contributed by atoms with Gasteiger partial charge in [-0.2, -0.15) is 21.6 Å². The van der Waals surface area contributed by atoms with Crippen molar-refractivity contribution in [2.24, 2.45) is 5.41 Å². The number of hydrogen-bond acceptors (Lipinski definition) is 8. The molecular weight excluding hydrogens is 701 g/mol. The maximum absolute atomic E-state index is 15.9. The first-order valence-corrected chi connectivity index (χ1v) is 16.5. The van der Waals surface area contributed by atoms with Gasteiger partial charge in [0.2, 0.25) is 11.7 Å². The van der Waals surface area contributed by atoms with Crippen LogP contribution in [-0.2, 0) is 37.4 Å². The first kappa shape index (κ1) is 38.5. The van der Waals surface area contributed by atoms with Gasteiger partial charge in [0, 0.05) is 27.8 Å². The highest BCUT2D eigenvalue weighted by Crippen LogP contribution is 2.44. The van der Waals surface area contributed by atoms with Crippen LogP contribution in [0.15, 0.2) is 83.9 Å². The van der Waals surface area contributed by atoms with Crippen molar-refractivity contribution < 1.29 is 54.0 Å². The van der Waals surface area contributed by atoms with Gasteiger partial charge >= 0.3 is 16.5 Å². The fourth-order valence-electron chi connectivity index (χ4n) is 5.67. The second-order valence-electron chi connectivity index (χ2n) is 12.4. The van der Waals surface area contributed by atoms with Gasteiger partial charge in [-0.1, -0.05) is 69.3 Å². The number of hydrogen-bond donors (Lipinski definition) is 1. The summed E-state index contributed by atoms with van der Waals surface area (Å²) in [5.74, 6) is -1.35. The molecule has 3 aromatic carbocycles. The summed E-state index contributed by atoms with van der Waals surface area (Å²) in [5, 5.41) is 0. The molecule has 0 aliphatic carbocycles. The molecule has 10 nitrogen and oxygen atoms in total. The van der Waals surface area contributed by atoms with Crippen LogP contribution in [0, 0.1) is 17.0 Å². The van der Waals surface area contributed by atoms with Crippen LogP contribution in [0.5, 0.6) is 5.75 Å². The molecule has 16 heteroatoms. The Labute approximate surface area is 290 Å². The highest BCUT2D eigenvalue weighted by atomic mass is 32.2. The molecule has 1 aliphatic heterocycles. The largest absolute Gasteiger partial charge is 0.494 e. The normalized spacial score (nSPS) is 14.6. The molecular formula is C35H32F5N3O7S. The molecule has 51 heavy (non-hydrogen) atoms. The van der Waals surface area contributed by atoms with Crippen molar-refractivity contribution in [2.45, 2.75) is 46.5 Å². The van der Waals surface area contributed by atoms with Gasteiger partial charge in [0.05, 0.1) is 31.8 Å². The Morgan fingerprint density at radius 2 is 1.57 bits per heavy atom. The molecule has 0 spiro atoms. The molecule has 0 saturated carbocycles. The van der Waals surface area contributed by atoms with Gasteiger partial charge < -0.3 is 14.5 Å². The molecule has 4 rings (SSSR count). The average Bonchev–Trinajstić information content (AvgIpc) is 3.05. The quantitative estimate of drug-likeness (QED) is 0.152. The summed E-state index contributed by atoms with van der Waals surface area (Å²) in [6.07, 6.45) is -5.06. The number of allylic oxidation sites excluding steroid dienone is 2. The fraction of sp³-hybridized carbons (Fsp3) is 0.286. The maximum Gasteiger partial charge on any atom is 0.416 e. The van der Waals surface area contributed by atoms with E-state index in [2.05, 4.69) is 0 Å². The van der Waals surface area contributed by atoms with Crippen molar-refractivity contribution in [3.8, 4) is 5.75 Å².